The zero-order valence-corrected chi connectivity index (χ0v) is 17.2. The molecule has 28 heavy (non-hydrogen) atoms. The largest absolute Gasteiger partial charge is 0.463 e. The molecule has 1 amide bonds. The van der Waals surface area contributed by atoms with Crippen LogP contribution in [-0.4, -0.2) is 88.0 Å². The van der Waals surface area contributed by atoms with Gasteiger partial charge in [-0.3, -0.25) is 9.59 Å². The van der Waals surface area contributed by atoms with Gasteiger partial charge in [-0.05, 0) is 18.2 Å². The van der Waals surface area contributed by atoms with Crippen LogP contribution < -0.4 is 5.32 Å². The van der Waals surface area contributed by atoms with Crippen LogP contribution in [0.3, 0.4) is 0 Å². The highest BCUT2D eigenvalue weighted by atomic mass is 32.2. The van der Waals surface area contributed by atoms with E-state index in [4.69, 9.17) is 9.47 Å². The topological polar surface area (TPSA) is 163 Å². The van der Waals surface area contributed by atoms with Crippen molar-refractivity contribution in [1.82, 2.24) is 5.32 Å². The van der Waals surface area contributed by atoms with Gasteiger partial charge in [0.05, 0.1) is 25.7 Å². The highest BCUT2D eigenvalue weighted by molar-refractivity contribution is 8.13. The van der Waals surface area contributed by atoms with Gasteiger partial charge in [-0.1, -0.05) is 20.8 Å². The number of esters is 1. The lowest BCUT2D eigenvalue weighted by atomic mass is 10.0. The van der Waals surface area contributed by atoms with Gasteiger partial charge < -0.3 is 35.2 Å². The number of hydrogen-bond donors (Lipinski definition) is 5. The molecule has 11 heteroatoms. The molecule has 3 unspecified atom stereocenters. The van der Waals surface area contributed by atoms with Crippen molar-refractivity contribution in [3.05, 3.63) is 0 Å². The van der Waals surface area contributed by atoms with Gasteiger partial charge in [-0.2, -0.15) is 0 Å². The first-order valence-corrected chi connectivity index (χ1v) is 9.92. The third-order valence-corrected chi connectivity index (χ3v) is 5.04. The van der Waals surface area contributed by atoms with Crippen LogP contribution in [0.15, 0.2) is 0 Å². The van der Waals surface area contributed by atoms with Crippen molar-refractivity contribution < 1.29 is 44.3 Å². The maximum Gasteiger partial charge on any atom is 0.367 e. The van der Waals surface area contributed by atoms with Crippen LogP contribution in [0.25, 0.3) is 0 Å². The predicted octanol–water partition coefficient (Wildman–Crippen LogP) is -0.726. The molecule has 0 heterocycles. The van der Waals surface area contributed by atoms with Crippen LogP contribution in [0, 0.1) is 11.8 Å². The SMILES string of the molecule is CCC(C)C(=O)OCC(O)COC(=O)SCC(C)C(=O)NC(CO)(CO)CO. The van der Waals surface area contributed by atoms with E-state index in [0.29, 0.717) is 18.2 Å². The molecule has 0 spiro atoms. The van der Waals surface area contributed by atoms with E-state index in [1.54, 1.807) is 6.92 Å². The van der Waals surface area contributed by atoms with Gasteiger partial charge in [-0.25, -0.2) is 4.79 Å². The average molecular weight is 426 g/mol. The number of aliphatic hydroxyl groups is 4. The maximum absolute atomic E-state index is 12.0. The first kappa shape index (κ1) is 26.6. The smallest absolute Gasteiger partial charge is 0.367 e. The van der Waals surface area contributed by atoms with Gasteiger partial charge >= 0.3 is 11.3 Å². The lowest BCUT2D eigenvalue weighted by Gasteiger charge is -2.29. The third kappa shape index (κ3) is 9.69. The molecule has 10 nitrogen and oxygen atoms in total. The van der Waals surface area contributed by atoms with Crippen LogP contribution in [-0.2, 0) is 19.1 Å². The normalized spacial score (nSPS) is 14.7. The van der Waals surface area contributed by atoms with Gasteiger partial charge in [0.15, 0.2) is 0 Å². The molecule has 0 radical (unpaired) electrons. The Morgan fingerprint density at radius 3 is 2.04 bits per heavy atom. The molecular weight excluding hydrogens is 394 g/mol. The van der Waals surface area contributed by atoms with Crippen molar-refractivity contribution in [1.29, 1.82) is 0 Å². The minimum atomic E-state index is -1.53. The van der Waals surface area contributed by atoms with E-state index in [9.17, 15) is 34.8 Å². The quantitative estimate of drug-likeness (QED) is 0.238. The second-order valence-electron chi connectivity index (χ2n) is 6.61. The van der Waals surface area contributed by atoms with E-state index < -0.39 is 54.6 Å². The van der Waals surface area contributed by atoms with Crippen LogP contribution in [0.5, 0.6) is 0 Å². The Morgan fingerprint density at radius 2 is 1.54 bits per heavy atom. The van der Waals surface area contributed by atoms with Gasteiger partial charge in [0.1, 0.15) is 24.9 Å². The Kier molecular flexibility index (Phi) is 13.0. The van der Waals surface area contributed by atoms with E-state index in [1.165, 1.54) is 6.92 Å². The summed E-state index contributed by atoms with van der Waals surface area (Å²) in [5, 5.41) is 38.9. The monoisotopic (exact) mass is 425 g/mol. The minimum Gasteiger partial charge on any atom is -0.463 e. The molecule has 0 saturated carbocycles. The van der Waals surface area contributed by atoms with Crippen molar-refractivity contribution in [2.24, 2.45) is 11.8 Å². The number of ether oxygens (including phenoxy) is 2. The summed E-state index contributed by atoms with van der Waals surface area (Å²) in [5.41, 5.74) is -1.53. The second-order valence-corrected chi connectivity index (χ2v) is 7.57. The lowest BCUT2D eigenvalue weighted by molar-refractivity contribution is -0.151. The molecule has 0 aromatic heterocycles. The van der Waals surface area contributed by atoms with Crippen molar-refractivity contribution in [2.45, 2.75) is 38.8 Å². The number of aliphatic hydroxyl groups excluding tert-OH is 4. The molecule has 0 aliphatic rings. The summed E-state index contributed by atoms with van der Waals surface area (Å²) >= 11 is 0.708. The summed E-state index contributed by atoms with van der Waals surface area (Å²) in [6.07, 6.45) is -0.542. The van der Waals surface area contributed by atoms with Crippen LogP contribution >= 0.6 is 11.8 Å². The van der Waals surface area contributed by atoms with Gasteiger partial charge in [0.25, 0.3) is 0 Å². The van der Waals surface area contributed by atoms with E-state index >= 15 is 0 Å². The zero-order valence-electron chi connectivity index (χ0n) is 16.4. The molecular formula is C17H31NO9S. The highest BCUT2D eigenvalue weighted by Crippen LogP contribution is 2.14. The summed E-state index contributed by atoms with van der Waals surface area (Å²) in [6, 6.07) is 0. The second kappa shape index (κ2) is 13.7. The fourth-order valence-electron chi connectivity index (χ4n) is 1.66. The van der Waals surface area contributed by atoms with E-state index in [-0.39, 0.29) is 24.9 Å². The fourth-order valence-corrected chi connectivity index (χ4v) is 2.35. The van der Waals surface area contributed by atoms with Crippen molar-refractivity contribution in [3.63, 3.8) is 0 Å². The summed E-state index contributed by atoms with van der Waals surface area (Å²) < 4.78 is 9.74. The first-order chi connectivity index (χ1) is 13.1. The van der Waals surface area contributed by atoms with E-state index in [0.717, 1.165) is 0 Å². The van der Waals surface area contributed by atoms with Crippen LogP contribution in [0.4, 0.5) is 4.79 Å². The number of amides is 1. The van der Waals surface area contributed by atoms with E-state index in [1.807, 2.05) is 6.92 Å². The number of thioether (sulfide) groups is 1. The van der Waals surface area contributed by atoms with E-state index in [2.05, 4.69) is 5.32 Å². The Labute approximate surface area is 168 Å². The molecule has 3 atom stereocenters. The highest BCUT2D eigenvalue weighted by Gasteiger charge is 2.31. The van der Waals surface area contributed by atoms with Crippen molar-refractivity contribution >= 4 is 28.9 Å². The maximum atomic E-state index is 12.0. The Morgan fingerprint density at radius 1 is 1.00 bits per heavy atom. The Hall–Kier alpha value is -1.40. The summed E-state index contributed by atoms with van der Waals surface area (Å²) in [5.74, 6) is -1.91. The molecule has 0 aliphatic carbocycles. The molecule has 0 saturated heterocycles. The number of carbonyl (C=O) groups excluding carboxylic acids is 3. The minimum absolute atomic E-state index is 0.0438. The van der Waals surface area contributed by atoms with Crippen molar-refractivity contribution in [2.75, 3.05) is 38.8 Å². The number of carbonyl (C=O) groups is 3. The Bertz CT molecular complexity index is 491. The van der Waals surface area contributed by atoms with Crippen LogP contribution in [0.2, 0.25) is 0 Å². The molecule has 0 aliphatic heterocycles. The average Bonchev–Trinajstić information content (AvgIpc) is 2.71. The van der Waals surface area contributed by atoms with Gasteiger partial charge in [0.2, 0.25) is 5.91 Å². The third-order valence-electron chi connectivity index (χ3n) is 4.02. The molecule has 0 bridgehead atoms. The molecule has 0 fully saturated rings. The number of rotatable bonds is 13. The lowest BCUT2D eigenvalue weighted by Crippen LogP contribution is -2.58. The first-order valence-electron chi connectivity index (χ1n) is 8.93. The molecule has 5 N–H and O–H groups in total. The predicted molar refractivity (Wildman–Crippen MR) is 102 cm³/mol. The summed E-state index contributed by atoms with van der Waals surface area (Å²) in [4.78, 5) is 35.2. The molecule has 0 aromatic rings. The zero-order chi connectivity index (χ0) is 21.7. The molecule has 0 rings (SSSR count). The van der Waals surface area contributed by atoms with Crippen LogP contribution in [0.1, 0.15) is 27.2 Å². The fraction of sp³-hybridized carbons (Fsp3) is 0.824. The summed E-state index contributed by atoms with van der Waals surface area (Å²) in [6.45, 7) is 2.48. The summed E-state index contributed by atoms with van der Waals surface area (Å²) in [7, 11) is 0. The van der Waals surface area contributed by atoms with Crippen molar-refractivity contribution in [3.8, 4) is 0 Å². The standard InChI is InChI=1S/C17H31NO9S/c1-4-11(2)15(24)26-5-13(22)6-27-16(25)28-7-12(3)14(23)18-17(8-19,9-20)10-21/h11-13,19-22H,4-10H2,1-3H3,(H,18,23). The number of nitrogens with one attached hydrogen (secondary N) is 1. The molecule has 164 valence electrons. The van der Waals surface area contributed by atoms with Gasteiger partial charge in [0, 0.05) is 11.7 Å². The number of hydrogen-bond acceptors (Lipinski definition) is 10. The van der Waals surface area contributed by atoms with Gasteiger partial charge in [-0.15, -0.1) is 0 Å². The molecule has 0 aromatic carbocycles. The Balaban J connectivity index is 4.20.